The van der Waals surface area contributed by atoms with E-state index in [4.69, 9.17) is 5.11 Å². The third kappa shape index (κ3) is 4.20. The van der Waals surface area contributed by atoms with Gasteiger partial charge in [-0.15, -0.1) is 0 Å². The van der Waals surface area contributed by atoms with E-state index in [1.54, 1.807) is 6.07 Å². The van der Waals surface area contributed by atoms with Crippen LogP contribution in [0.15, 0.2) is 47.4 Å². The number of benzene rings is 2. The van der Waals surface area contributed by atoms with Crippen molar-refractivity contribution in [2.75, 3.05) is 13.1 Å². The molecule has 2 aromatic rings. The monoisotopic (exact) mass is 391 g/mol. The van der Waals surface area contributed by atoms with Crippen LogP contribution in [0.1, 0.15) is 35.4 Å². The van der Waals surface area contributed by atoms with Crippen LogP contribution in [-0.2, 0) is 21.2 Å². The number of carboxylic acids is 1. The van der Waals surface area contributed by atoms with Crippen molar-refractivity contribution in [3.8, 4) is 0 Å². The quantitative estimate of drug-likeness (QED) is 0.848. The Labute approximate surface area is 158 Å². The summed E-state index contributed by atoms with van der Waals surface area (Å²) in [6.07, 6.45) is 1.50. The molecule has 144 valence electrons. The summed E-state index contributed by atoms with van der Waals surface area (Å²) in [6, 6.07) is 10.4. The second-order valence-corrected chi connectivity index (χ2v) is 8.80. The van der Waals surface area contributed by atoms with Crippen LogP contribution in [0.25, 0.3) is 0 Å². The highest BCUT2D eigenvalue weighted by Gasteiger charge is 2.31. The standard InChI is InChI=1S/C20H22FNO4S/c1-14-15(12-20(23)24)4-2-6-19(14)16-5-3-11-22(13-16)27(25,26)18-9-7-17(21)8-10-18/h2,4,6-10,16H,3,5,11-13H2,1H3,(H,23,24). The van der Waals surface area contributed by atoms with E-state index in [9.17, 15) is 17.6 Å². The maximum absolute atomic E-state index is 13.1. The lowest BCUT2D eigenvalue weighted by atomic mass is 9.86. The molecule has 1 heterocycles. The van der Waals surface area contributed by atoms with Gasteiger partial charge in [-0.25, -0.2) is 12.8 Å². The highest BCUT2D eigenvalue weighted by molar-refractivity contribution is 7.89. The molecule has 0 radical (unpaired) electrons. The molecule has 27 heavy (non-hydrogen) atoms. The first-order valence-electron chi connectivity index (χ1n) is 8.85. The molecule has 0 amide bonds. The smallest absolute Gasteiger partial charge is 0.307 e. The summed E-state index contributed by atoms with van der Waals surface area (Å²) < 4.78 is 40.4. The van der Waals surface area contributed by atoms with E-state index in [0.29, 0.717) is 19.5 Å². The van der Waals surface area contributed by atoms with E-state index in [1.807, 2.05) is 19.1 Å². The minimum Gasteiger partial charge on any atom is -0.481 e. The summed E-state index contributed by atoms with van der Waals surface area (Å²) in [7, 11) is -3.69. The molecule has 0 aromatic heterocycles. The van der Waals surface area contributed by atoms with Crippen LogP contribution in [0, 0.1) is 12.7 Å². The van der Waals surface area contributed by atoms with Gasteiger partial charge in [0.15, 0.2) is 0 Å². The summed E-state index contributed by atoms with van der Waals surface area (Å²) in [5, 5.41) is 9.07. The number of halogens is 1. The first kappa shape index (κ1) is 19.5. The first-order chi connectivity index (χ1) is 12.8. The molecule has 2 aromatic carbocycles. The van der Waals surface area contributed by atoms with E-state index in [1.165, 1.54) is 16.4 Å². The normalized spacial score (nSPS) is 18.4. The van der Waals surface area contributed by atoms with Gasteiger partial charge in [-0.2, -0.15) is 4.31 Å². The number of aliphatic carboxylic acids is 1. The highest BCUT2D eigenvalue weighted by Crippen LogP contribution is 2.33. The number of hydrogen-bond acceptors (Lipinski definition) is 3. The number of carboxylic acid groups (broad SMARTS) is 1. The number of rotatable bonds is 5. The van der Waals surface area contributed by atoms with Crippen LogP contribution >= 0.6 is 0 Å². The van der Waals surface area contributed by atoms with Gasteiger partial charge in [0.2, 0.25) is 10.0 Å². The second kappa shape index (κ2) is 7.78. The lowest BCUT2D eigenvalue weighted by Gasteiger charge is -2.33. The first-order valence-corrected chi connectivity index (χ1v) is 10.3. The van der Waals surface area contributed by atoms with Crippen molar-refractivity contribution in [2.24, 2.45) is 0 Å². The predicted molar refractivity (Wildman–Crippen MR) is 99.7 cm³/mol. The second-order valence-electron chi connectivity index (χ2n) is 6.86. The summed E-state index contributed by atoms with van der Waals surface area (Å²) in [6.45, 7) is 2.64. The van der Waals surface area contributed by atoms with Crippen LogP contribution in [0.4, 0.5) is 4.39 Å². The van der Waals surface area contributed by atoms with Crippen LogP contribution in [0.5, 0.6) is 0 Å². The molecular weight excluding hydrogens is 369 g/mol. The highest BCUT2D eigenvalue weighted by atomic mass is 32.2. The summed E-state index contributed by atoms with van der Waals surface area (Å²) in [4.78, 5) is 11.1. The summed E-state index contributed by atoms with van der Waals surface area (Å²) in [5.41, 5.74) is 2.65. The van der Waals surface area contributed by atoms with Crippen LogP contribution < -0.4 is 0 Å². The Bertz CT molecular complexity index is 941. The molecule has 0 aliphatic carbocycles. The zero-order valence-electron chi connectivity index (χ0n) is 15.1. The van der Waals surface area contributed by atoms with Crippen LogP contribution in [0.2, 0.25) is 0 Å². The maximum atomic E-state index is 13.1. The Kier molecular flexibility index (Phi) is 5.62. The molecule has 1 atom stereocenters. The van der Waals surface area contributed by atoms with Gasteiger partial charge < -0.3 is 5.11 Å². The van der Waals surface area contributed by atoms with Crippen molar-refractivity contribution < 1.29 is 22.7 Å². The minimum atomic E-state index is -3.69. The number of nitrogens with zero attached hydrogens (tertiary/aromatic N) is 1. The van der Waals surface area contributed by atoms with E-state index >= 15 is 0 Å². The molecule has 7 heteroatoms. The van der Waals surface area contributed by atoms with E-state index in [-0.39, 0.29) is 17.2 Å². The molecule has 1 aliphatic heterocycles. The van der Waals surface area contributed by atoms with Gasteiger partial charge in [0, 0.05) is 13.1 Å². The van der Waals surface area contributed by atoms with Gasteiger partial charge in [0.25, 0.3) is 0 Å². The Morgan fingerprint density at radius 2 is 1.93 bits per heavy atom. The van der Waals surface area contributed by atoms with Crippen molar-refractivity contribution in [1.82, 2.24) is 4.31 Å². The summed E-state index contributed by atoms with van der Waals surface area (Å²) >= 11 is 0. The van der Waals surface area contributed by atoms with Crippen LogP contribution in [0.3, 0.4) is 0 Å². The third-order valence-electron chi connectivity index (χ3n) is 5.10. The number of hydrogen-bond donors (Lipinski definition) is 1. The molecule has 1 N–H and O–H groups in total. The Balaban J connectivity index is 1.86. The fourth-order valence-electron chi connectivity index (χ4n) is 3.67. The fraction of sp³-hybridized carbons (Fsp3) is 0.350. The lowest BCUT2D eigenvalue weighted by Crippen LogP contribution is -2.39. The van der Waals surface area contributed by atoms with Gasteiger partial charge in [0.1, 0.15) is 5.82 Å². The fourth-order valence-corrected chi connectivity index (χ4v) is 5.19. The Morgan fingerprint density at radius 1 is 1.22 bits per heavy atom. The van der Waals surface area contributed by atoms with Crippen molar-refractivity contribution in [1.29, 1.82) is 0 Å². The zero-order chi connectivity index (χ0) is 19.6. The average molecular weight is 391 g/mol. The maximum Gasteiger partial charge on any atom is 0.307 e. The molecule has 0 saturated carbocycles. The van der Waals surface area contributed by atoms with E-state index < -0.39 is 21.8 Å². The van der Waals surface area contributed by atoms with Gasteiger partial charge in [-0.05, 0) is 66.6 Å². The SMILES string of the molecule is Cc1c(CC(=O)O)cccc1C1CCCN(S(=O)(=O)c2ccc(F)cc2)C1. The Hall–Kier alpha value is -2.25. The topological polar surface area (TPSA) is 74.7 Å². The molecule has 5 nitrogen and oxygen atoms in total. The van der Waals surface area contributed by atoms with Gasteiger partial charge in [-0.1, -0.05) is 18.2 Å². The molecule has 0 spiro atoms. The number of sulfonamides is 1. The molecule has 1 saturated heterocycles. The van der Waals surface area contributed by atoms with Gasteiger partial charge in [0.05, 0.1) is 11.3 Å². The molecule has 1 aliphatic rings. The van der Waals surface area contributed by atoms with Crippen molar-refractivity contribution in [3.63, 3.8) is 0 Å². The predicted octanol–water partition coefficient (Wildman–Crippen LogP) is 3.33. The minimum absolute atomic E-state index is 0.00252. The molecule has 0 bridgehead atoms. The van der Waals surface area contributed by atoms with Gasteiger partial charge in [-0.3, -0.25) is 4.79 Å². The third-order valence-corrected chi connectivity index (χ3v) is 6.98. The zero-order valence-corrected chi connectivity index (χ0v) is 15.9. The number of piperidine rings is 1. The van der Waals surface area contributed by atoms with Crippen molar-refractivity contribution in [2.45, 2.75) is 37.0 Å². The molecular formula is C20H22FNO4S. The van der Waals surface area contributed by atoms with Gasteiger partial charge >= 0.3 is 5.97 Å². The van der Waals surface area contributed by atoms with Crippen LogP contribution in [-0.4, -0.2) is 36.9 Å². The lowest BCUT2D eigenvalue weighted by molar-refractivity contribution is -0.136. The van der Waals surface area contributed by atoms with Crippen molar-refractivity contribution >= 4 is 16.0 Å². The van der Waals surface area contributed by atoms with E-state index in [0.717, 1.165) is 35.2 Å². The Morgan fingerprint density at radius 3 is 2.59 bits per heavy atom. The molecule has 1 unspecified atom stereocenters. The largest absolute Gasteiger partial charge is 0.481 e. The summed E-state index contributed by atoms with van der Waals surface area (Å²) in [5.74, 6) is -1.36. The number of carbonyl (C=O) groups is 1. The van der Waals surface area contributed by atoms with E-state index in [2.05, 4.69) is 0 Å². The molecule has 3 rings (SSSR count). The average Bonchev–Trinajstić information content (AvgIpc) is 2.63. The van der Waals surface area contributed by atoms with Crippen molar-refractivity contribution in [3.05, 3.63) is 65.0 Å². The molecule has 1 fully saturated rings.